The zero-order valence-electron chi connectivity index (χ0n) is 11.9. The third-order valence-corrected chi connectivity index (χ3v) is 3.32. The van der Waals surface area contributed by atoms with Gasteiger partial charge in [0.05, 0.1) is 12.1 Å². The third-order valence-electron chi connectivity index (χ3n) is 2.59. The second-order valence-corrected chi connectivity index (χ2v) is 5.46. The lowest BCUT2D eigenvalue weighted by Gasteiger charge is -2.13. The molecule has 2 aromatic rings. The monoisotopic (exact) mass is 425 g/mol. The Bertz CT molecular complexity index is 770. The fourth-order valence-corrected chi connectivity index (χ4v) is 2.16. The standard InChI is InChI=1S/C14H8BrClF3NO4/c1-22-13(21)8-6-20-12(15)5-11(8)23-7-2-3-10(9(16)4-7)24-14(17,18)19/h2-6H,1H3. The zero-order chi connectivity index (χ0) is 17.9. The van der Waals surface area contributed by atoms with Crippen molar-refractivity contribution in [2.24, 2.45) is 0 Å². The molecule has 0 N–H and O–H groups in total. The van der Waals surface area contributed by atoms with Crippen molar-refractivity contribution in [2.75, 3.05) is 7.11 Å². The summed E-state index contributed by atoms with van der Waals surface area (Å²) in [5.74, 6) is -1.07. The van der Waals surface area contributed by atoms with E-state index in [-0.39, 0.29) is 22.1 Å². The highest BCUT2D eigenvalue weighted by molar-refractivity contribution is 9.10. The van der Waals surface area contributed by atoms with Crippen LogP contribution < -0.4 is 9.47 Å². The van der Waals surface area contributed by atoms with Crippen LogP contribution in [0.15, 0.2) is 35.1 Å². The minimum Gasteiger partial charge on any atom is -0.465 e. The summed E-state index contributed by atoms with van der Waals surface area (Å²) in [7, 11) is 1.19. The summed E-state index contributed by atoms with van der Waals surface area (Å²) in [6, 6.07) is 4.74. The van der Waals surface area contributed by atoms with Gasteiger partial charge in [0.25, 0.3) is 0 Å². The van der Waals surface area contributed by atoms with Gasteiger partial charge in [0.2, 0.25) is 0 Å². The summed E-state index contributed by atoms with van der Waals surface area (Å²) in [6.07, 6.45) is -3.63. The summed E-state index contributed by atoms with van der Waals surface area (Å²) in [5, 5.41) is -0.308. The van der Waals surface area contributed by atoms with Crippen LogP contribution in [0, 0.1) is 0 Å². The van der Waals surface area contributed by atoms with E-state index in [4.69, 9.17) is 16.3 Å². The van der Waals surface area contributed by atoms with Crippen LogP contribution in [-0.4, -0.2) is 24.4 Å². The van der Waals surface area contributed by atoms with E-state index in [1.165, 1.54) is 25.4 Å². The molecule has 0 saturated carbocycles. The predicted molar refractivity (Wildman–Crippen MR) is 81.5 cm³/mol. The maximum absolute atomic E-state index is 12.2. The second kappa shape index (κ2) is 7.27. The number of hydrogen-bond donors (Lipinski definition) is 0. The Balaban J connectivity index is 2.30. The lowest BCUT2D eigenvalue weighted by atomic mass is 10.2. The quantitative estimate of drug-likeness (QED) is 0.510. The van der Waals surface area contributed by atoms with Crippen LogP contribution >= 0.6 is 27.5 Å². The number of hydrogen-bond acceptors (Lipinski definition) is 5. The van der Waals surface area contributed by atoms with Gasteiger partial charge in [0.1, 0.15) is 27.4 Å². The Kier molecular flexibility index (Phi) is 5.55. The topological polar surface area (TPSA) is 57.7 Å². The van der Waals surface area contributed by atoms with Crippen molar-refractivity contribution in [1.29, 1.82) is 0 Å². The first kappa shape index (κ1) is 18.3. The molecular weight excluding hydrogens is 419 g/mol. The number of aromatic nitrogens is 1. The Labute approximate surface area is 147 Å². The van der Waals surface area contributed by atoms with Crippen LogP contribution in [0.1, 0.15) is 10.4 Å². The van der Waals surface area contributed by atoms with E-state index in [1.807, 2.05) is 0 Å². The largest absolute Gasteiger partial charge is 0.573 e. The Hall–Kier alpha value is -2.00. The molecule has 0 aliphatic carbocycles. The van der Waals surface area contributed by atoms with Crippen molar-refractivity contribution in [1.82, 2.24) is 4.98 Å². The molecule has 128 valence electrons. The number of ether oxygens (including phenoxy) is 3. The van der Waals surface area contributed by atoms with E-state index in [9.17, 15) is 18.0 Å². The van der Waals surface area contributed by atoms with Crippen LogP contribution in [0.25, 0.3) is 0 Å². The summed E-state index contributed by atoms with van der Waals surface area (Å²) in [6.45, 7) is 0. The number of alkyl halides is 3. The van der Waals surface area contributed by atoms with E-state index in [2.05, 4.69) is 30.4 Å². The van der Waals surface area contributed by atoms with Crippen LogP contribution in [0.5, 0.6) is 17.2 Å². The molecule has 0 amide bonds. The summed E-state index contributed by atoms with van der Waals surface area (Å²) < 4.78 is 50.9. The molecule has 0 saturated heterocycles. The molecule has 1 aromatic carbocycles. The fourth-order valence-electron chi connectivity index (χ4n) is 1.64. The molecular formula is C14H8BrClF3NO4. The van der Waals surface area contributed by atoms with Crippen LogP contribution in [0.2, 0.25) is 5.02 Å². The highest BCUT2D eigenvalue weighted by atomic mass is 79.9. The van der Waals surface area contributed by atoms with E-state index in [0.29, 0.717) is 4.60 Å². The van der Waals surface area contributed by atoms with Gasteiger partial charge in [-0.25, -0.2) is 9.78 Å². The van der Waals surface area contributed by atoms with Gasteiger partial charge in [-0.2, -0.15) is 0 Å². The first-order valence-electron chi connectivity index (χ1n) is 6.16. The number of carbonyl (C=O) groups is 1. The SMILES string of the molecule is COC(=O)c1cnc(Br)cc1Oc1ccc(OC(F)(F)F)c(Cl)c1. The van der Waals surface area contributed by atoms with Crippen LogP contribution in [0.3, 0.4) is 0 Å². The molecule has 0 atom stereocenters. The predicted octanol–water partition coefficient (Wildman–Crippen LogP) is 4.98. The average Bonchev–Trinajstić information content (AvgIpc) is 2.48. The summed E-state index contributed by atoms with van der Waals surface area (Å²) in [4.78, 5) is 15.6. The second-order valence-electron chi connectivity index (χ2n) is 4.24. The van der Waals surface area contributed by atoms with Crippen molar-refractivity contribution < 1.29 is 32.2 Å². The maximum Gasteiger partial charge on any atom is 0.573 e. The van der Waals surface area contributed by atoms with Crippen molar-refractivity contribution in [2.45, 2.75) is 6.36 Å². The van der Waals surface area contributed by atoms with Crippen molar-refractivity contribution in [3.05, 3.63) is 45.7 Å². The molecule has 10 heteroatoms. The number of halogens is 5. The fraction of sp³-hybridized carbons (Fsp3) is 0.143. The van der Waals surface area contributed by atoms with E-state index >= 15 is 0 Å². The highest BCUT2D eigenvalue weighted by Gasteiger charge is 2.32. The van der Waals surface area contributed by atoms with Crippen LogP contribution in [0.4, 0.5) is 13.2 Å². The summed E-state index contributed by atoms with van der Waals surface area (Å²) >= 11 is 8.87. The van der Waals surface area contributed by atoms with Gasteiger partial charge < -0.3 is 14.2 Å². The first-order valence-corrected chi connectivity index (χ1v) is 7.33. The van der Waals surface area contributed by atoms with Gasteiger partial charge in [-0.15, -0.1) is 13.2 Å². The molecule has 24 heavy (non-hydrogen) atoms. The Morgan fingerprint density at radius 3 is 2.54 bits per heavy atom. The molecule has 0 fully saturated rings. The average molecular weight is 427 g/mol. The number of esters is 1. The Morgan fingerprint density at radius 2 is 1.96 bits per heavy atom. The highest BCUT2D eigenvalue weighted by Crippen LogP contribution is 2.35. The molecule has 0 aliphatic rings. The molecule has 0 aliphatic heterocycles. The van der Waals surface area contributed by atoms with Gasteiger partial charge in [0, 0.05) is 18.3 Å². The Morgan fingerprint density at radius 1 is 1.25 bits per heavy atom. The molecule has 0 radical (unpaired) electrons. The van der Waals surface area contributed by atoms with E-state index < -0.39 is 18.1 Å². The molecule has 5 nitrogen and oxygen atoms in total. The molecule has 0 unspecified atom stereocenters. The number of rotatable bonds is 4. The summed E-state index contributed by atoms with van der Waals surface area (Å²) in [5.41, 5.74) is 0.0347. The molecule has 1 aromatic heterocycles. The number of nitrogens with zero attached hydrogens (tertiary/aromatic N) is 1. The van der Waals surface area contributed by atoms with Gasteiger partial charge in [-0.3, -0.25) is 0 Å². The van der Waals surface area contributed by atoms with Crippen molar-refractivity contribution in [3.8, 4) is 17.2 Å². The first-order chi connectivity index (χ1) is 11.2. The van der Waals surface area contributed by atoms with Gasteiger partial charge in [-0.05, 0) is 28.1 Å². The van der Waals surface area contributed by atoms with E-state index in [1.54, 1.807) is 0 Å². The normalized spacial score (nSPS) is 11.1. The van der Waals surface area contributed by atoms with Crippen LogP contribution in [-0.2, 0) is 4.74 Å². The smallest absolute Gasteiger partial charge is 0.465 e. The lowest BCUT2D eigenvalue weighted by molar-refractivity contribution is -0.274. The number of methoxy groups -OCH3 is 1. The molecule has 2 rings (SSSR count). The molecule has 1 heterocycles. The zero-order valence-corrected chi connectivity index (χ0v) is 14.2. The van der Waals surface area contributed by atoms with Gasteiger partial charge >= 0.3 is 12.3 Å². The van der Waals surface area contributed by atoms with Crippen molar-refractivity contribution >= 4 is 33.5 Å². The van der Waals surface area contributed by atoms with E-state index in [0.717, 1.165) is 12.1 Å². The minimum atomic E-state index is -4.86. The maximum atomic E-state index is 12.2. The minimum absolute atomic E-state index is 0.0347. The number of benzene rings is 1. The third kappa shape index (κ3) is 4.75. The number of pyridine rings is 1. The molecule has 0 spiro atoms. The molecule has 0 bridgehead atoms. The number of carbonyl (C=O) groups excluding carboxylic acids is 1. The van der Waals surface area contributed by atoms with Gasteiger partial charge in [0.15, 0.2) is 0 Å². The lowest BCUT2D eigenvalue weighted by Crippen LogP contribution is -2.17. The van der Waals surface area contributed by atoms with Crippen molar-refractivity contribution in [3.63, 3.8) is 0 Å². The van der Waals surface area contributed by atoms with Gasteiger partial charge in [-0.1, -0.05) is 11.6 Å².